The fourth-order valence-electron chi connectivity index (χ4n) is 2.94. The first kappa shape index (κ1) is 17.5. The van der Waals surface area contributed by atoms with Crippen molar-refractivity contribution in [3.63, 3.8) is 0 Å². The SMILES string of the molecule is CC(=O)NC(Cc1c[nH]c2ccccc12)C(=O)Nc1ccc(C)cc1O. The molecule has 3 rings (SSSR count). The summed E-state index contributed by atoms with van der Waals surface area (Å²) in [4.78, 5) is 27.4. The zero-order valence-corrected chi connectivity index (χ0v) is 14.7. The van der Waals surface area contributed by atoms with E-state index in [0.717, 1.165) is 22.0 Å². The smallest absolute Gasteiger partial charge is 0.247 e. The molecule has 0 radical (unpaired) electrons. The lowest BCUT2D eigenvalue weighted by Crippen LogP contribution is -2.44. The molecule has 0 spiro atoms. The molecule has 0 bridgehead atoms. The number of benzene rings is 2. The molecule has 2 aromatic carbocycles. The monoisotopic (exact) mass is 351 g/mol. The van der Waals surface area contributed by atoms with Gasteiger partial charge in [-0.2, -0.15) is 0 Å². The standard InChI is InChI=1S/C20H21N3O3/c1-12-7-8-17(19(25)9-12)23-20(26)18(22-13(2)24)10-14-11-21-16-6-4-3-5-15(14)16/h3-9,11,18,21,25H,10H2,1-2H3,(H,22,24)(H,23,26). The molecule has 1 atom stereocenters. The fraction of sp³-hybridized carbons (Fsp3) is 0.200. The number of hydrogen-bond donors (Lipinski definition) is 4. The maximum atomic E-state index is 12.7. The third-order valence-corrected chi connectivity index (χ3v) is 4.20. The number of aromatic hydroxyl groups is 1. The molecule has 0 saturated heterocycles. The largest absolute Gasteiger partial charge is 0.506 e. The van der Waals surface area contributed by atoms with E-state index in [1.54, 1.807) is 18.2 Å². The third kappa shape index (κ3) is 3.85. The lowest BCUT2D eigenvalue weighted by molar-refractivity contribution is -0.125. The lowest BCUT2D eigenvalue weighted by Gasteiger charge is -2.18. The molecule has 0 aliphatic heterocycles. The lowest BCUT2D eigenvalue weighted by atomic mass is 10.0. The Kier molecular flexibility index (Phi) is 4.93. The van der Waals surface area contributed by atoms with Gasteiger partial charge >= 0.3 is 0 Å². The van der Waals surface area contributed by atoms with E-state index in [1.807, 2.05) is 37.4 Å². The summed E-state index contributed by atoms with van der Waals surface area (Å²) in [7, 11) is 0. The topological polar surface area (TPSA) is 94.2 Å². The highest BCUT2D eigenvalue weighted by atomic mass is 16.3. The summed E-state index contributed by atoms with van der Waals surface area (Å²) in [5, 5.41) is 16.4. The molecule has 134 valence electrons. The first-order valence-corrected chi connectivity index (χ1v) is 8.36. The average Bonchev–Trinajstić information content (AvgIpc) is 2.99. The van der Waals surface area contributed by atoms with Gasteiger partial charge in [0.25, 0.3) is 0 Å². The minimum atomic E-state index is -0.757. The van der Waals surface area contributed by atoms with Crippen LogP contribution < -0.4 is 10.6 Å². The number of nitrogens with one attached hydrogen (secondary N) is 3. The van der Waals surface area contributed by atoms with Crippen molar-refractivity contribution in [3.8, 4) is 5.75 Å². The van der Waals surface area contributed by atoms with Crippen molar-refractivity contribution in [2.75, 3.05) is 5.32 Å². The Labute approximate surface area is 151 Å². The van der Waals surface area contributed by atoms with Gasteiger partial charge in [0.2, 0.25) is 11.8 Å². The van der Waals surface area contributed by atoms with Crippen LogP contribution in [0.3, 0.4) is 0 Å². The van der Waals surface area contributed by atoms with E-state index < -0.39 is 6.04 Å². The van der Waals surface area contributed by atoms with Gasteiger partial charge in [-0.3, -0.25) is 9.59 Å². The van der Waals surface area contributed by atoms with Crippen LogP contribution in [0.2, 0.25) is 0 Å². The van der Waals surface area contributed by atoms with Gasteiger partial charge < -0.3 is 20.7 Å². The zero-order valence-electron chi connectivity index (χ0n) is 14.7. The van der Waals surface area contributed by atoms with E-state index in [9.17, 15) is 14.7 Å². The maximum absolute atomic E-state index is 12.7. The van der Waals surface area contributed by atoms with E-state index in [1.165, 1.54) is 6.92 Å². The predicted octanol–water partition coefficient (Wildman–Crippen LogP) is 2.87. The van der Waals surface area contributed by atoms with Crippen molar-refractivity contribution in [3.05, 3.63) is 59.8 Å². The molecule has 0 fully saturated rings. The number of carbonyl (C=O) groups is 2. The number of aryl methyl sites for hydroxylation is 1. The molecule has 0 saturated carbocycles. The van der Waals surface area contributed by atoms with E-state index >= 15 is 0 Å². The van der Waals surface area contributed by atoms with Gasteiger partial charge in [0.05, 0.1) is 5.69 Å². The number of amides is 2. The van der Waals surface area contributed by atoms with Crippen LogP contribution in [-0.2, 0) is 16.0 Å². The minimum absolute atomic E-state index is 0.00739. The number of hydrogen-bond acceptors (Lipinski definition) is 3. The highest BCUT2D eigenvalue weighted by molar-refractivity contribution is 5.98. The van der Waals surface area contributed by atoms with Gasteiger partial charge in [-0.15, -0.1) is 0 Å². The summed E-state index contributed by atoms with van der Waals surface area (Å²) in [5.74, 6) is -0.685. The number of aromatic nitrogens is 1. The van der Waals surface area contributed by atoms with Crippen LogP contribution >= 0.6 is 0 Å². The molecule has 3 aromatic rings. The summed E-state index contributed by atoms with van der Waals surface area (Å²) in [5.41, 5.74) is 3.11. The molecular formula is C20H21N3O3. The maximum Gasteiger partial charge on any atom is 0.247 e. The van der Waals surface area contributed by atoms with Crippen molar-refractivity contribution in [1.82, 2.24) is 10.3 Å². The minimum Gasteiger partial charge on any atom is -0.506 e. The highest BCUT2D eigenvalue weighted by Crippen LogP contribution is 2.25. The number of para-hydroxylation sites is 1. The third-order valence-electron chi connectivity index (χ3n) is 4.20. The molecule has 0 aliphatic rings. The summed E-state index contributed by atoms with van der Waals surface area (Å²) in [6, 6.07) is 12.0. The Morgan fingerprint density at radius 3 is 2.69 bits per heavy atom. The molecule has 2 amide bonds. The van der Waals surface area contributed by atoms with E-state index in [2.05, 4.69) is 15.6 Å². The molecule has 4 N–H and O–H groups in total. The number of anilines is 1. The Morgan fingerprint density at radius 2 is 1.96 bits per heavy atom. The number of rotatable bonds is 5. The summed E-state index contributed by atoms with van der Waals surface area (Å²) < 4.78 is 0. The zero-order chi connectivity index (χ0) is 18.7. The highest BCUT2D eigenvalue weighted by Gasteiger charge is 2.22. The molecule has 26 heavy (non-hydrogen) atoms. The second-order valence-electron chi connectivity index (χ2n) is 6.33. The second-order valence-corrected chi connectivity index (χ2v) is 6.33. The van der Waals surface area contributed by atoms with Gasteiger partial charge in [0.1, 0.15) is 11.8 Å². The normalized spacial score (nSPS) is 11.9. The number of H-pyrrole nitrogens is 1. The first-order valence-electron chi connectivity index (χ1n) is 8.36. The number of phenols is 1. The van der Waals surface area contributed by atoms with Crippen molar-refractivity contribution < 1.29 is 14.7 Å². The molecule has 1 aromatic heterocycles. The van der Waals surface area contributed by atoms with Crippen LogP contribution in [0.5, 0.6) is 5.75 Å². The average molecular weight is 351 g/mol. The molecule has 1 heterocycles. The molecule has 0 aliphatic carbocycles. The quantitative estimate of drug-likeness (QED) is 0.532. The number of phenolic OH excluding ortho intramolecular Hbond substituents is 1. The van der Waals surface area contributed by atoms with Crippen molar-refractivity contribution in [1.29, 1.82) is 0 Å². The molecule has 6 nitrogen and oxygen atoms in total. The van der Waals surface area contributed by atoms with Crippen LogP contribution in [0.25, 0.3) is 10.9 Å². The van der Waals surface area contributed by atoms with E-state index in [4.69, 9.17) is 0 Å². The van der Waals surface area contributed by atoms with Crippen molar-refractivity contribution in [2.45, 2.75) is 26.3 Å². The summed E-state index contributed by atoms with van der Waals surface area (Å²) >= 11 is 0. The van der Waals surface area contributed by atoms with Crippen LogP contribution in [0.4, 0.5) is 5.69 Å². The summed E-state index contributed by atoms with van der Waals surface area (Å²) in [6.45, 7) is 3.22. The Balaban J connectivity index is 1.83. The fourth-order valence-corrected chi connectivity index (χ4v) is 2.94. The Morgan fingerprint density at radius 1 is 1.19 bits per heavy atom. The van der Waals surface area contributed by atoms with Crippen molar-refractivity contribution >= 4 is 28.4 Å². The first-order chi connectivity index (χ1) is 12.4. The van der Waals surface area contributed by atoms with E-state index in [0.29, 0.717) is 12.1 Å². The number of aromatic amines is 1. The van der Waals surface area contributed by atoms with Crippen LogP contribution in [0, 0.1) is 6.92 Å². The molecule has 6 heteroatoms. The van der Waals surface area contributed by atoms with Crippen LogP contribution in [0.15, 0.2) is 48.7 Å². The molecular weight excluding hydrogens is 330 g/mol. The van der Waals surface area contributed by atoms with Gasteiger partial charge in [0, 0.05) is 30.4 Å². The predicted molar refractivity (Wildman–Crippen MR) is 101 cm³/mol. The number of fused-ring (bicyclic) bond motifs is 1. The van der Waals surface area contributed by atoms with Gasteiger partial charge in [-0.25, -0.2) is 0 Å². The van der Waals surface area contributed by atoms with Gasteiger partial charge in [0.15, 0.2) is 0 Å². The van der Waals surface area contributed by atoms with Crippen LogP contribution in [0.1, 0.15) is 18.1 Å². The Bertz CT molecular complexity index is 962. The number of carbonyl (C=O) groups excluding carboxylic acids is 2. The van der Waals surface area contributed by atoms with Gasteiger partial charge in [-0.1, -0.05) is 24.3 Å². The molecule has 1 unspecified atom stereocenters. The van der Waals surface area contributed by atoms with Gasteiger partial charge in [-0.05, 0) is 36.2 Å². The summed E-state index contributed by atoms with van der Waals surface area (Å²) in [6.07, 6.45) is 2.18. The van der Waals surface area contributed by atoms with E-state index in [-0.39, 0.29) is 17.6 Å². The van der Waals surface area contributed by atoms with Crippen molar-refractivity contribution in [2.24, 2.45) is 0 Å². The Hall–Kier alpha value is -3.28. The van der Waals surface area contributed by atoms with Crippen LogP contribution in [-0.4, -0.2) is 27.9 Å². The second kappa shape index (κ2) is 7.31.